The lowest BCUT2D eigenvalue weighted by Crippen LogP contribution is -2.33. The van der Waals surface area contributed by atoms with Crippen LogP contribution in [0, 0.1) is 0 Å². The van der Waals surface area contributed by atoms with E-state index >= 15 is 0 Å². The third kappa shape index (κ3) is 5.53. The fraction of sp³-hybridized carbons (Fsp3) is 0.429. The predicted octanol–water partition coefficient (Wildman–Crippen LogP) is 0.248. The van der Waals surface area contributed by atoms with E-state index in [1.54, 1.807) is 19.5 Å². The number of aryl methyl sites for hydroxylation is 1. The molecule has 0 radical (unpaired) electrons. The molecule has 0 aromatic carbocycles. The van der Waals surface area contributed by atoms with E-state index < -0.39 is 15.9 Å². The van der Waals surface area contributed by atoms with Crippen LogP contribution in [0.15, 0.2) is 28.7 Å². The molecular formula is C14H21N5O4S2. The number of carbonyl (C=O) groups excluding carboxylic acids is 1. The van der Waals surface area contributed by atoms with Crippen LogP contribution in [0.1, 0.15) is 9.67 Å². The SMILES string of the molecule is COCCNCCNC(=O)c1sccc1S(=O)(=O)Nc1cnn(C)c1. The summed E-state index contributed by atoms with van der Waals surface area (Å²) in [6, 6.07) is 1.41. The van der Waals surface area contributed by atoms with Gasteiger partial charge in [0.1, 0.15) is 9.77 Å². The van der Waals surface area contributed by atoms with E-state index in [4.69, 9.17) is 4.74 Å². The van der Waals surface area contributed by atoms with Gasteiger partial charge in [0.2, 0.25) is 0 Å². The van der Waals surface area contributed by atoms with Crippen LogP contribution < -0.4 is 15.4 Å². The molecule has 0 atom stereocenters. The summed E-state index contributed by atoms with van der Waals surface area (Å²) in [5.41, 5.74) is 0.336. The maximum atomic E-state index is 12.5. The molecule has 0 unspecified atom stereocenters. The lowest BCUT2D eigenvalue weighted by atomic mass is 10.4. The third-order valence-corrected chi connectivity index (χ3v) is 5.62. The molecule has 9 nitrogen and oxygen atoms in total. The quantitative estimate of drug-likeness (QED) is 0.504. The summed E-state index contributed by atoms with van der Waals surface area (Å²) in [5.74, 6) is -0.421. The highest BCUT2D eigenvalue weighted by Gasteiger charge is 2.24. The van der Waals surface area contributed by atoms with Crippen molar-refractivity contribution in [1.29, 1.82) is 0 Å². The Labute approximate surface area is 150 Å². The van der Waals surface area contributed by atoms with Gasteiger partial charge >= 0.3 is 0 Å². The van der Waals surface area contributed by atoms with Crippen LogP contribution in [0.3, 0.4) is 0 Å². The van der Waals surface area contributed by atoms with Crippen molar-refractivity contribution in [2.45, 2.75) is 4.90 Å². The number of aromatic nitrogens is 2. The molecule has 0 saturated heterocycles. The number of nitrogens with one attached hydrogen (secondary N) is 3. The lowest BCUT2D eigenvalue weighted by molar-refractivity contribution is 0.0955. The summed E-state index contributed by atoms with van der Waals surface area (Å²) in [5, 5.41) is 11.3. The van der Waals surface area contributed by atoms with Gasteiger partial charge < -0.3 is 15.4 Å². The fourth-order valence-electron chi connectivity index (χ4n) is 2.00. The number of hydrogen-bond donors (Lipinski definition) is 3. The van der Waals surface area contributed by atoms with Gasteiger partial charge in [-0.25, -0.2) is 8.42 Å². The van der Waals surface area contributed by atoms with Crippen molar-refractivity contribution in [2.75, 3.05) is 38.1 Å². The Kier molecular flexibility index (Phi) is 6.93. The van der Waals surface area contributed by atoms with E-state index in [0.29, 0.717) is 31.9 Å². The minimum absolute atomic E-state index is 0.0498. The highest BCUT2D eigenvalue weighted by Crippen LogP contribution is 2.24. The average molecular weight is 387 g/mol. The number of anilines is 1. The van der Waals surface area contributed by atoms with E-state index in [2.05, 4.69) is 20.5 Å². The van der Waals surface area contributed by atoms with E-state index in [1.807, 2.05) is 0 Å². The Balaban J connectivity index is 1.97. The Bertz CT molecular complexity index is 800. The molecule has 2 rings (SSSR count). The summed E-state index contributed by atoms with van der Waals surface area (Å²) in [6.45, 7) is 2.22. The molecular weight excluding hydrogens is 366 g/mol. The zero-order valence-corrected chi connectivity index (χ0v) is 15.6. The maximum absolute atomic E-state index is 12.5. The van der Waals surface area contributed by atoms with Gasteiger partial charge in [-0.15, -0.1) is 11.3 Å². The molecule has 0 saturated carbocycles. The van der Waals surface area contributed by atoms with Crippen molar-refractivity contribution in [2.24, 2.45) is 7.05 Å². The molecule has 2 aromatic heterocycles. The second-order valence-corrected chi connectivity index (χ2v) is 7.69. The van der Waals surface area contributed by atoms with Crippen LogP contribution >= 0.6 is 11.3 Å². The summed E-state index contributed by atoms with van der Waals surface area (Å²) >= 11 is 1.08. The van der Waals surface area contributed by atoms with Crippen LogP contribution in [-0.4, -0.2) is 57.5 Å². The van der Waals surface area contributed by atoms with Crippen LogP contribution in [0.4, 0.5) is 5.69 Å². The van der Waals surface area contributed by atoms with Crippen molar-refractivity contribution in [1.82, 2.24) is 20.4 Å². The van der Waals surface area contributed by atoms with E-state index in [9.17, 15) is 13.2 Å². The zero-order valence-electron chi connectivity index (χ0n) is 14.0. The van der Waals surface area contributed by atoms with Crippen LogP contribution in [0.2, 0.25) is 0 Å². The van der Waals surface area contributed by atoms with Gasteiger partial charge in [0, 0.05) is 40.0 Å². The van der Waals surface area contributed by atoms with E-state index in [1.165, 1.54) is 23.1 Å². The van der Waals surface area contributed by atoms with Gasteiger partial charge in [0.05, 0.1) is 18.5 Å². The number of methoxy groups -OCH3 is 1. The number of carbonyl (C=O) groups is 1. The highest BCUT2D eigenvalue weighted by atomic mass is 32.2. The number of ether oxygens (including phenoxy) is 1. The molecule has 0 aliphatic carbocycles. The number of sulfonamides is 1. The lowest BCUT2D eigenvalue weighted by Gasteiger charge is -2.08. The molecule has 0 aliphatic rings. The molecule has 0 bridgehead atoms. The Morgan fingerprint density at radius 3 is 2.84 bits per heavy atom. The topological polar surface area (TPSA) is 114 Å². The van der Waals surface area contributed by atoms with Crippen molar-refractivity contribution in [3.05, 3.63) is 28.7 Å². The van der Waals surface area contributed by atoms with Gasteiger partial charge in [-0.3, -0.25) is 14.2 Å². The molecule has 3 N–H and O–H groups in total. The Morgan fingerprint density at radius 1 is 1.36 bits per heavy atom. The molecule has 138 valence electrons. The van der Waals surface area contributed by atoms with Crippen molar-refractivity contribution < 1.29 is 17.9 Å². The number of thiophene rings is 1. The van der Waals surface area contributed by atoms with Gasteiger partial charge in [-0.05, 0) is 11.4 Å². The van der Waals surface area contributed by atoms with Crippen molar-refractivity contribution in [3.8, 4) is 0 Å². The molecule has 11 heteroatoms. The minimum atomic E-state index is -3.86. The average Bonchev–Trinajstić information content (AvgIpc) is 3.19. The summed E-state index contributed by atoms with van der Waals surface area (Å²) in [7, 11) is -0.566. The number of nitrogens with zero attached hydrogens (tertiary/aromatic N) is 2. The largest absolute Gasteiger partial charge is 0.383 e. The van der Waals surface area contributed by atoms with Gasteiger partial charge in [0.15, 0.2) is 0 Å². The van der Waals surface area contributed by atoms with E-state index in [-0.39, 0.29) is 9.77 Å². The molecule has 25 heavy (non-hydrogen) atoms. The second kappa shape index (κ2) is 8.94. The first-order valence-corrected chi connectivity index (χ1v) is 9.87. The van der Waals surface area contributed by atoms with Crippen molar-refractivity contribution in [3.63, 3.8) is 0 Å². The minimum Gasteiger partial charge on any atom is -0.383 e. The molecule has 2 heterocycles. The van der Waals surface area contributed by atoms with Crippen LogP contribution in [-0.2, 0) is 21.8 Å². The summed E-state index contributed by atoms with van der Waals surface area (Å²) in [4.78, 5) is 12.4. The predicted molar refractivity (Wildman–Crippen MR) is 95.4 cm³/mol. The first-order valence-electron chi connectivity index (χ1n) is 7.51. The molecule has 0 spiro atoms. The number of rotatable bonds is 10. The monoisotopic (exact) mass is 387 g/mol. The van der Waals surface area contributed by atoms with Gasteiger partial charge in [-0.1, -0.05) is 0 Å². The molecule has 1 amide bonds. The highest BCUT2D eigenvalue weighted by molar-refractivity contribution is 7.93. The summed E-state index contributed by atoms with van der Waals surface area (Å²) < 4.78 is 33.8. The fourth-order valence-corrected chi connectivity index (χ4v) is 4.38. The van der Waals surface area contributed by atoms with Crippen LogP contribution in [0.25, 0.3) is 0 Å². The van der Waals surface area contributed by atoms with E-state index in [0.717, 1.165) is 11.3 Å². The third-order valence-electron chi connectivity index (χ3n) is 3.15. The van der Waals surface area contributed by atoms with Crippen molar-refractivity contribution >= 4 is 33.0 Å². The Morgan fingerprint density at radius 2 is 2.16 bits per heavy atom. The van der Waals surface area contributed by atoms with Gasteiger partial charge in [-0.2, -0.15) is 5.10 Å². The standard InChI is InChI=1S/C14H21N5O4S2/c1-19-10-11(9-17-19)18-25(21,22)12-3-8-24-13(12)14(20)16-5-4-15-6-7-23-2/h3,8-10,15,18H,4-7H2,1-2H3,(H,16,20). The molecule has 2 aromatic rings. The molecule has 0 aliphatic heterocycles. The smallest absolute Gasteiger partial charge is 0.263 e. The molecule has 0 fully saturated rings. The number of hydrogen-bond acceptors (Lipinski definition) is 7. The second-order valence-electron chi connectivity index (χ2n) is 5.12. The summed E-state index contributed by atoms with van der Waals surface area (Å²) in [6.07, 6.45) is 2.94. The maximum Gasteiger partial charge on any atom is 0.263 e. The first-order chi connectivity index (χ1) is 11.9. The number of amides is 1. The Hall–Kier alpha value is -1.95. The zero-order chi connectivity index (χ0) is 18.3. The first kappa shape index (κ1) is 19.4. The van der Waals surface area contributed by atoms with Crippen LogP contribution in [0.5, 0.6) is 0 Å². The van der Waals surface area contributed by atoms with Gasteiger partial charge in [0.25, 0.3) is 15.9 Å². The normalized spacial score (nSPS) is 11.4.